The van der Waals surface area contributed by atoms with Crippen LogP contribution < -0.4 is 10.1 Å². The number of hydrogen-bond acceptors (Lipinski definition) is 5. The molecule has 0 bridgehead atoms. The molecule has 0 unspecified atom stereocenters. The van der Waals surface area contributed by atoms with Crippen LogP contribution in [0.2, 0.25) is 0 Å². The second-order valence-corrected chi connectivity index (χ2v) is 6.54. The molecular weight excluding hydrogens is 399 g/mol. The van der Waals surface area contributed by atoms with Gasteiger partial charge in [-0.05, 0) is 41.8 Å². The molecule has 0 fully saturated rings. The first-order chi connectivity index (χ1) is 14.0. The van der Waals surface area contributed by atoms with Crippen molar-refractivity contribution < 1.29 is 23.5 Å². The molecule has 6 nitrogen and oxygen atoms in total. The summed E-state index contributed by atoms with van der Waals surface area (Å²) in [5.74, 6) is 0.168. The summed E-state index contributed by atoms with van der Waals surface area (Å²) in [4.78, 5) is 27.9. The number of methoxy groups -OCH3 is 1. The van der Waals surface area contributed by atoms with Crippen LogP contribution in [0.4, 0.5) is 14.9 Å². The number of halogens is 2. The number of aldehydes is 1. The summed E-state index contributed by atoms with van der Waals surface area (Å²) in [7, 11) is 1.44. The first-order valence-corrected chi connectivity index (χ1v) is 9.28. The van der Waals surface area contributed by atoms with Crippen LogP contribution in [0, 0.1) is 5.82 Å². The molecule has 1 amide bonds. The van der Waals surface area contributed by atoms with E-state index in [9.17, 15) is 14.0 Å². The summed E-state index contributed by atoms with van der Waals surface area (Å²) in [6.45, 7) is 0.0517. The minimum absolute atomic E-state index is 0.0517. The molecule has 1 heterocycles. The molecule has 0 saturated heterocycles. The number of ether oxygens (including phenoxy) is 2. The number of rotatable bonds is 7. The molecule has 2 aromatic carbocycles. The van der Waals surface area contributed by atoms with Crippen LogP contribution in [0.1, 0.15) is 21.5 Å². The van der Waals surface area contributed by atoms with E-state index >= 15 is 0 Å². The molecule has 0 atom stereocenters. The number of pyridine rings is 1. The molecule has 0 spiro atoms. The van der Waals surface area contributed by atoms with E-state index < -0.39 is 6.09 Å². The van der Waals surface area contributed by atoms with Crippen molar-refractivity contribution in [3.63, 3.8) is 0 Å². The highest BCUT2D eigenvalue weighted by atomic mass is 35.5. The maximum absolute atomic E-state index is 13.1. The summed E-state index contributed by atoms with van der Waals surface area (Å²) < 4.78 is 23.4. The standard InChI is InChI=1S/C21H18ClFN2O4/c1-28-20-15(12-26)10-18(25-21(27)29-7-6-22)17-9-14(11-24-19(17)20)8-13-2-4-16(23)5-3-13/h2-5,9-12H,6-8H2,1H3,(H,25,27). The van der Waals surface area contributed by atoms with Crippen molar-refractivity contribution in [3.8, 4) is 5.75 Å². The summed E-state index contributed by atoms with van der Waals surface area (Å²) >= 11 is 5.54. The molecule has 1 N–H and O–H groups in total. The average molecular weight is 417 g/mol. The Balaban J connectivity index is 2.04. The van der Waals surface area contributed by atoms with Crippen molar-refractivity contribution in [2.24, 2.45) is 0 Å². The van der Waals surface area contributed by atoms with Gasteiger partial charge in [0, 0.05) is 11.6 Å². The topological polar surface area (TPSA) is 77.5 Å². The van der Waals surface area contributed by atoms with Gasteiger partial charge in [-0.2, -0.15) is 0 Å². The Morgan fingerprint density at radius 2 is 2.00 bits per heavy atom. The van der Waals surface area contributed by atoms with Crippen LogP contribution in [-0.2, 0) is 11.2 Å². The number of carbonyl (C=O) groups excluding carboxylic acids is 2. The fourth-order valence-electron chi connectivity index (χ4n) is 2.95. The molecule has 0 radical (unpaired) electrons. The highest BCUT2D eigenvalue weighted by molar-refractivity contribution is 6.18. The zero-order valence-electron chi connectivity index (χ0n) is 15.6. The Labute approximate surface area is 171 Å². The third-order valence-corrected chi connectivity index (χ3v) is 4.37. The minimum atomic E-state index is -0.696. The second-order valence-electron chi connectivity index (χ2n) is 6.16. The predicted molar refractivity (Wildman–Crippen MR) is 109 cm³/mol. The van der Waals surface area contributed by atoms with Crippen molar-refractivity contribution in [1.29, 1.82) is 0 Å². The Morgan fingerprint density at radius 3 is 2.66 bits per heavy atom. The predicted octanol–water partition coefficient (Wildman–Crippen LogP) is 4.57. The molecule has 8 heteroatoms. The van der Waals surface area contributed by atoms with E-state index in [-0.39, 0.29) is 23.9 Å². The van der Waals surface area contributed by atoms with Crippen molar-refractivity contribution in [1.82, 2.24) is 4.98 Å². The van der Waals surface area contributed by atoms with E-state index in [1.807, 2.05) is 6.07 Å². The number of nitrogens with one attached hydrogen (secondary N) is 1. The lowest BCUT2D eigenvalue weighted by Gasteiger charge is -2.14. The van der Waals surface area contributed by atoms with Crippen molar-refractivity contribution >= 4 is 40.6 Å². The third kappa shape index (κ3) is 4.81. The van der Waals surface area contributed by atoms with Crippen molar-refractivity contribution in [2.45, 2.75) is 6.42 Å². The van der Waals surface area contributed by atoms with Crippen LogP contribution >= 0.6 is 11.6 Å². The van der Waals surface area contributed by atoms with E-state index in [0.717, 1.165) is 11.1 Å². The summed E-state index contributed by atoms with van der Waals surface area (Å²) in [6, 6.07) is 9.50. The number of carbonyl (C=O) groups is 2. The monoisotopic (exact) mass is 416 g/mol. The molecular formula is C21H18ClFN2O4. The van der Waals surface area contributed by atoms with E-state index in [4.69, 9.17) is 21.1 Å². The quantitative estimate of drug-likeness (QED) is 0.451. The van der Waals surface area contributed by atoms with Gasteiger partial charge in [0.05, 0.1) is 24.2 Å². The van der Waals surface area contributed by atoms with Gasteiger partial charge in [-0.3, -0.25) is 15.1 Å². The number of benzene rings is 2. The Morgan fingerprint density at radius 1 is 1.24 bits per heavy atom. The summed E-state index contributed by atoms with van der Waals surface area (Å²) in [5.41, 5.74) is 2.76. The van der Waals surface area contributed by atoms with Crippen LogP contribution in [-0.4, -0.2) is 37.0 Å². The number of alkyl halides is 1. The fourth-order valence-corrected chi connectivity index (χ4v) is 3.02. The third-order valence-electron chi connectivity index (χ3n) is 4.21. The van der Waals surface area contributed by atoms with Gasteiger partial charge in [0.2, 0.25) is 0 Å². The van der Waals surface area contributed by atoms with E-state index in [1.165, 1.54) is 25.3 Å². The largest absolute Gasteiger partial charge is 0.494 e. The highest BCUT2D eigenvalue weighted by Gasteiger charge is 2.16. The number of amides is 1. The number of fused-ring (bicyclic) bond motifs is 1. The number of hydrogen-bond donors (Lipinski definition) is 1. The normalized spacial score (nSPS) is 10.6. The van der Waals surface area contributed by atoms with E-state index in [1.54, 1.807) is 18.3 Å². The minimum Gasteiger partial charge on any atom is -0.494 e. The van der Waals surface area contributed by atoms with E-state index in [2.05, 4.69) is 10.3 Å². The molecule has 3 rings (SSSR count). The lowest BCUT2D eigenvalue weighted by atomic mass is 10.0. The smallest absolute Gasteiger partial charge is 0.411 e. The van der Waals surface area contributed by atoms with Gasteiger partial charge < -0.3 is 9.47 Å². The Kier molecular flexibility index (Phi) is 6.61. The lowest BCUT2D eigenvalue weighted by molar-refractivity contribution is 0.112. The zero-order chi connectivity index (χ0) is 20.8. The molecule has 3 aromatic rings. The maximum atomic E-state index is 13.1. The lowest BCUT2D eigenvalue weighted by Crippen LogP contribution is -2.15. The van der Waals surface area contributed by atoms with Gasteiger partial charge in [-0.25, -0.2) is 9.18 Å². The van der Waals surface area contributed by atoms with Gasteiger partial charge in [0.1, 0.15) is 17.9 Å². The first-order valence-electron chi connectivity index (χ1n) is 8.74. The number of nitrogens with zero attached hydrogens (tertiary/aromatic N) is 1. The van der Waals surface area contributed by atoms with Gasteiger partial charge >= 0.3 is 6.09 Å². The molecule has 29 heavy (non-hydrogen) atoms. The van der Waals surface area contributed by atoms with E-state index in [0.29, 0.717) is 35.0 Å². The summed E-state index contributed by atoms with van der Waals surface area (Å²) in [6.07, 6.45) is 2.09. The van der Waals surface area contributed by atoms with Gasteiger partial charge in [0.25, 0.3) is 0 Å². The average Bonchev–Trinajstić information content (AvgIpc) is 2.73. The molecule has 1 aromatic heterocycles. The maximum Gasteiger partial charge on any atom is 0.411 e. The van der Waals surface area contributed by atoms with Crippen LogP contribution in [0.25, 0.3) is 10.9 Å². The Bertz CT molecular complexity index is 1040. The zero-order valence-corrected chi connectivity index (χ0v) is 16.3. The molecule has 0 aliphatic carbocycles. The SMILES string of the molecule is COc1c(C=O)cc(NC(=O)OCCCl)c2cc(Cc3ccc(F)cc3)cnc12. The Hall–Kier alpha value is -3.19. The van der Waals surface area contributed by atoms with Crippen molar-refractivity contribution in [2.75, 3.05) is 24.9 Å². The van der Waals surface area contributed by atoms with Crippen LogP contribution in [0.15, 0.2) is 42.6 Å². The van der Waals surface area contributed by atoms with Gasteiger partial charge in [-0.15, -0.1) is 11.6 Å². The van der Waals surface area contributed by atoms with Crippen LogP contribution in [0.5, 0.6) is 5.75 Å². The highest BCUT2D eigenvalue weighted by Crippen LogP contribution is 2.34. The van der Waals surface area contributed by atoms with Crippen molar-refractivity contribution in [3.05, 3.63) is 65.1 Å². The summed E-state index contributed by atoms with van der Waals surface area (Å²) in [5, 5.41) is 3.20. The molecule has 0 aliphatic heterocycles. The van der Waals surface area contributed by atoms with Gasteiger partial charge in [-0.1, -0.05) is 12.1 Å². The molecule has 0 aliphatic rings. The molecule has 0 saturated carbocycles. The number of aromatic nitrogens is 1. The fraction of sp³-hybridized carbons (Fsp3) is 0.190. The van der Waals surface area contributed by atoms with Gasteiger partial charge in [0.15, 0.2) is 12.0 Å². The second kappa shape index (κ2) is 9.34. The molecule has 150 valence electrons. The first kappa shape index (κ1) is 20.5. The number of anilines is 1. The van der Waals surface area contributed by atoms with Crippen LogP contribution in [0.3, 0.4) is 0 Å².